The fourth-order valence-electron chi connectivity index (χ4n) is 4.58. The second-order valence-electron chi connectivity index (χ2n) is 8.03. The molecule has 3 aliphatic rings. The number of methoxy groups -OCH3 is 1. The molecule has 2 aromatic rings. The van der Waals surface area contributed by atoms with Crippen LogP contribution < -0.4 is 9.47 Å². The number of halogens is 1. The lowest BCUT2D eigenvalue weighted by Gasteiger charge is -2.50. The number of benzene rings is 2. The summed E-state index contributed by atoms with van der Waals surface area (Å²) >= 11 is 6.31. The first kappa shape index (κ1) is 18.6. The smallest absolute Gasteiger partial charge is 0.200 e. The number of hydrazone groups is 1. The van der Waals surface area contributed by atoms with Crippen LogP contribution in [0, 0.1) is 0 Å². The molecule has 1 N–H and O–H groups in total. The molecule has 1 atom stereocenters. The van der Waals surface area contributed by atoms with Gasteiger partial charge < -0.3 is 19.5 Å². The predicted octanol–water partition coefficient (Wildman–Crippen LogP) is 4.02. The largest absolute Gasteiger partial charge is 0.504 e. The van der Waals surface area contributed by atoms with E-state index in [4.69, 9.17) is 26.2 Å². The van der Waals surface area contributed by atoms with Crippen molar-refractivity contribution in [2.75, 3.05) is 27.2 Å². The second kappa shape index (κ2) is 6.82. The van der Waals surface area contributed by atoms with Crippen molar-refractivity contribution < 1.29 is 14.6 Å². The van der Waals surface area contributed by atoms with Crippen molar-refractivity contribution in [2.45, 2.75) is 31.0 Å². The quantitative estimate of drug-likeness (QED) is 0.805. The molecule has 1 fully saturated rings. The Morgan fingerprint density at radius 3 is 2.76 bits per heavy atom. The number of hydrogen-bond donors (Lipinski definition) is 1. The fourth-order valence-corrected chi connectivity index (χ4v) is 4.76. The van der Waals surface area contributed by atoms with Crippen LogP contribution in [-0.4, -0.2) is 53.7 Å². The van der Waals surface area contributed by atoms with Crippen LogP contribution in [0.2, 0.25) is 5.02 Å². The topological polar surface area (TPSA) is 57.5 Å². The van der Waals surface area contributed by atoms with Gasteiger partial charge in [-0.2, -0.15) is 5.10 Å². The summed E-state index contributed by atoms with van der Waals surface area (Å²) in [6.07, 6.45) is 2.53. The Morgan fingerprint density at radius 1 is 1.21 bits per heavy atom. The molecule has 0 aliphatic carbocycles. The van der Waals surface area contributed by atoms with Crippen LogP contribution in [0.15, 0.2) is 41.5 Å². The molecule has 0 radical (unpaired) electrons. The standard InChI is InChI=1S/C22H24ClN3O3/c1-25-9-7-22(8-10-25)26-18(16-12-15(23)4-6-20(16)29-22)13-17(24-26)14-3-5-19(27)21(11-14)28-2/h3-6,11-12,18,27H,7-10,13H2,1-2H3/t18-/m1/s1. The molecular formula is C22H24ClN3O3. The molecule has 5 rings (SSSR count). The van der Waals surface area contributed by atoms with Gasteiger partial charge in [0.15, 0.2) is 11.5 Å². The number of phenols is 1. The van der Waals surface area contributed by atoms with Crippen molar-refractivity contribution in [3.05, 3.63) is 52.5 Å². The minimum Gasteiger partial charge on any atom is -0.504 e. The highest BCUT2D eigenvalue weighted by atomic mass is 35.5. The number of ether oxygens (including phenoxy) is 2. The van der Waals surface area contributed by atoms with E-state index >= 15 is 0 Å². The first-order chi connectivity index (χ1) is 14.0. The van der Waals surface area contributed by atoms with Gasteiger partial charge in [-0.3, -0.25) is 0 Å². The maximum atomic E-state index is 9.95. The van der Waals surface area contributed by atoms with Crippen LogP contribution >= 0.6 is 11.6 Å². The van der Waals surface area contributed by atoms with Crippen LogP contribution in [0.25, 0.3) is 0 Å². The first-order valence-corrected chi connectivity index (χ1v) is 10.3. The van der Waals surface area contributed by atoms with E-state index in [1.165, 1.54) is 0 Å². The summed E-state index contributed by atoms with van der Waals surface area (Å²) in [7, 11) is 3.69. The molecule has 0 aromatic heterocycles. The van der Waals surface area contributed by atoms with Crippen molar-refractivity contribution in [1.29, 1.82) is 0 Å². The molecule has 1 saturated heterocycles. The lowest BCUT2D eigenvalue weighted by atomic mass is 9.91. The van der Waals surface area contributed by atoms with Gasteiger partial charge in [0.2, 0.25) is 5.72 Å². The van der Waals surface area contributed by atoms with Crippen molar-refractivity contribution >= 4 is 17.3 Å². The normalized spacial score (nSPS) is 22.7. The minimum absolute atomic E-state index is 0.0793. The third-order valence-corrected chi connectivity index (χ3v) is 6.48. The summed E-state index contributed by atoms with van der Waals surface area (Å²) in [4.78, 5) is 2.33. The van der Waals surface area contributed by atoms with E-state index in [1.807, 2.05) is 30.3 Å². The van der Waals surface area contributed by atoms with Crippen LogP contribution in [0.5, 0.6) is 17.2 Å². The molecule has 1 spiro atoms. The SMILES string of the molecule is COc1cc(C2=NN3[C@H](C2)c2cc(Cl)ccc2OC32CCN(C)CC2)ccc1O. The van der Waals surface area contributed by atoms with Crippen LogP contribution in [0.4, 0.5) is 0 Å². The zero-order chi connectivity index (χ0) is 20.2. The number of likely N-dealkylation sites (tertiary alicyclic amines) is 1. The molecular weight excluding hydrogens is 390 g/mol. The van der Waals surface area contributed by atoms with Crippen LogP contribution in [0.1, 0.15) is 36.4 Å². The van der Waals surface area contributed by atoms with Gasteiger partial charge >= 0.3 is 0 Å². The molecule has 0 bridgehead atoms. The summed E-state index contributed by atoms with van der Waals surface area (Å²) in [6.45, 7) is 1.92. The van der Waals surface area contributed by atoms with E-state index in [-0.39, 0.29) is 11.8 Å². The van der Waals surface area contributed by atoms with Gasteiger partial charge in [-0.25, -0.2) is 5.01 Å². The average molecular weight is 414 g/mol. The van der Waals surface area contributed by atoms with E-state index in [2.05, 4.69) is 17.0 Å². The Morgan fingerprint density at radius 2 is 2.00 bits per heavy atom. The highest BCUT2D eigenvalue weighted by molar-refractivity contribution is 6.30. The predicted molar refractivity (Wildman–Crippen MR) is 112 cm³/mol. The van der Waals surface area contributed by atoms with Crippen LogP contribution in [0.3, 0.4) is 0 Å². The van der Waals surface area contributed by atoms with E-state index in [0.29, 0.717) is 10.8 Å². The Kier molecular flexibility index (Phi) is 4.37. The number of nitrogens with zero attached hydrogens (tertiary/aromatic N) is 3. The highest BCUT2D eigenvalue weighted by Gasteiger charge is 2.51. The number of fused-ring (bicyclic) bond motifs is 4. The Hall–Kier alpha value is -2.44. The molecule has 29 heavy (non-hydrogen) atoms. The van der Waals surface area contributed by atoms with Crippen LogP contribution in [-0.2, 0) is 0 Å². The molecule has 152 valence electrons. The van der Waals surface area contributed by atoms with Gasteiger partial charge in [0.05, 0.1) is 18.9 Å². The van der Waals surface area contributed by atoms with Gasteiger partial charge in [0.25, 0.3) is 0 Å². The zero-order valence-electron chi connectivity index (χ0n) is 16.6. The molecule has 2 aromatic carbocycles. The number of aromatic hydroxyl groups is 1. The van der Waals surface area contributed by atoms with Gasteiger partial charge in [0.1, 0.15) is 5.75 Å². The lowest BCUT2D eigenvalue weighted by molar-refractivity contribution is -0.147. The van der Waals surface area contributed by atoms with Crippen molar-refractivity contribution in [3.8, 4) is 17.2 Å². The summed E-state index contributed by atoms with van der Waals surface area (Å²) < 4.78 is 11.9. The van der Waals surface area contributed by atoms with E-state index in [1.54, 1.807) is 13.2 Å². The van der Waals surface area contributed by atoms with Gasteiger partial charge in [-0.15, -0.1) is 0 Å². The van der Waals surface area contributed by atoms with E-state index < -0.39 is 5.72 Å². The Labute approximate surface area is 175 Å². The summed E-state index contributed by atoms with van der Waals surface area (Å²) in [5.41, 5.74) is 2.54. The summed E-state index contributed by atoms with van der Waals surface area (Å²) in [5.74, 6) is 1.48. The number of rotatable bonds is 2. The molecule has 3 aliphatic heterocycles. The average Bonchev–Trinajstić information content (AvgIpc) is 3.18. The van der Waals surface area contributed by atoms with Crippen molar-refractivity contribution in [1.82, 2.24) is 9.91 Å². The maximum absolute atomic E-state index is 9.95. The molecule has 0 unspecified atom stereocenters. The monoisotopic (exact) mass is 413 g/mol. The third-order valence-electron chi connectivity index (χ3n) is 6.24. The Balaban J connectivity index is 1.58. The summed E-state index contributed by atoms with van der Waals surface area (Å²) in [6, 6.07) is 11.3. The number of phenolic OH excluding ortho intramolecular Hbond substituents is 1. The Bertz CT molecular complexity index is 985. The molecule has 6 nitrogen and oxygen atoms in total. The van der Waals surface area contributed by atoms with E-state index in [0.717, 1.165) is 54.9 Å². The molecule has 0 saturated carbocycles. The fraction of sp³-hybridized carbons (Fsp3) is 0.409. The third kappa shape index (κ3) is 3.02. The maximum Gasteiger partial charge on any atom is 0.200 e. The van der Waals surface area contributed by atoms with Crippen molar-refractivity contribution in [3.63, 3.8) is 0 Å². The number of piperidine rings is 1. The van der Waals surface area contributed by atoms with E-state index in [9.17, 15) is 5.11 Å². The zero-order valence-corrected chi connectivity index (χ0v) is 17.3. The van der Waals surface area contributed by atoms with Gasteiger partial charge in [0, 0.05) is 48.5 Å². The lowest BCUT2D eigenvalue weighted by Crippen LogP contribution is -2.58. The van der Waals surface area contributed by atoms with Crippen molar-refractivity contribution in [2.24, 2.45) is 5.10 Å². The van der Waals surface area contributed by atoms with Gasteiger partial charge in [-0.05, 0) is 43.4 Å². The molecule has 3 heterocycles. The first-order valence-electron chi connectivity index (χ1n) is 9.90. The highest BCUT2D eigenvalue weighted by Crippen LogP contribution is 2.50. The molecule has 0 amide bonds. The molecule has 7 heteroatoms. The summed E-state index contributed by atoms with van der Waals surface area (Å²) in [5, 5.41) is 17.9. The second-order valence-corrected chi connectivity index (χ2v) is 8.47. The van der Waals surface area contributed by atoms with Gasteiger partial charge in [-0.1, -0.05) is 11.6 Å². The minimum atomic E-state index is -0.444. The number of hydrogen-bond acceptors (Lipinski definition) is 6.